The first-order chi connectivity index (χ1) is 30.6. The number of β-amino-alcohol motifs (C(OH)–C–C–N with tert-alkyl or cyclic N) is 1. The smallest absolute Gasteiger partial charge is 0.742 e. The Morgan fingerprint density at radius 3 is 1.20 bits per heavy atom. The van der Waals surface area contributed by atoms with Gasteiger partial charge in [-0.1, -0.05) is 29.5 Å². The Morgan fingerprint density at radius 2 is 0.913 bits per heavy atom. The maximum absolute atomic E-state index is 12.1. The van der Waals surface area contributed by atoms with E-state index in [-0.39, 0.29) is 116 Å². The molecule has 20 nitrogen and oxygen atoms in total. The second-order valence-electron chi connectivity index (χ2n) is 20.0. The number of aliphatic hydroxyl groups is 1. The fourth-order valence-corrected chi connectivity index (χ4v) is 8.25. The molecule has 4 aliphatic rings. The number of nitrogens with zero attached hydrogens (tertiary/aromatic N) is 4. The Labute approximate surface area is 465 Å². The van der Waals surface area contributed by atoms with Gasteiger partial charge in [0.15, 0.2) is 5.12 Å². The van der Waals surface area contributed by atoms with E-state index in [1.165, 1.54) is 45.5 Å². The van der Waals surface area contributed by atoms with E-state index in [9.17, 15) is 45.6 Å². The normalized spacial score (nSPS) is 16.6. The first kappa shape index (κ1) is 67.0. The summed E-state index contributed by atoms with van der Waals surface area (Å²) in [5, 5.41) is 8.35. The number of benzene rings is 1. The number of hydrogen-bond acceptors (Lipinski definition) is 18. The number of hydrogen-bond donors (Lipinski definition) is 1. The van der Waals surface area contributed by atoms with Gasteiger partial charge in [-0.2, -0.15) is 8.42 Å². The van der Waals surface area contributed by atoms with E-state index in [2.05, 4.69) is 12.6 Å². The van der Waals surface area contributed by atoms with E-state index in [1.807, 2.05) is 48.5 Å². The summed E-state index contributed by atoms with van der Waals surface area (Å²) in [6.07, 6.45) is -2.48. The minimum atomic E-state index is -3.80. The summed E-state index contributed by atoms with van der Waals surface area (Å²) in [5.74, 6) is 0. The van der Waals surface area contributed by atoms with E-state index in [0.717, 1.165) is 5.56 Å². The first-order valence-electron chi connectivity index (χ1n) is 21.4. The van der Waals surface area contributed by atoms with Crippen molar-refractivity contribution in [3.05, 3.63) is 29.8 Å². The van der Waals surface area contributed by atoms with Gasteiger partial charge in [-0.05, 0) is 109 Å². The van der Waals surface area contributed by atoms with Crippen LogP contribution >= 0.6 is 22.4 Å². The molecule has 0 spiro atoms. The largest absolute Gasteiger partial charge is 1.00 e. The van der Waals surface area contributed by atoms with Crippen LogP contribution in [0.4, 0.5) is 19.2 Å². The second kappa shape index (κ2) is 27.9. The van der Waals surface area contributed by atoms with Crippen LogP contribution in [-0.4, -0.2) is 174 Å². The van der Waals surface area contributed by atoms with Gasteiger partial charge in [-0.15, -0.1) is 0 Å². The number of carbonyl (C=O) groups is 6. The average molecular weight is 1100 g/mol. The van der Waals surface area contributed by atoms with Crippen LogP contribution < -0.4 is 51.4 Å². The monoisotopic (exact) mass is 1100 g/mol. The molecular formula is C43H70ClKN4O16S4. The molecule has 4 heterocycles. The molecule has 0 bridgehead atoms. The summed E-state index contributed by atoms with van der Waals surface area (Å²) in [4.78, 5) is 71.8. The van der Waals surface area contributed by atoms with Crippen LogP contribution in [0.2, 0.25) is 0 Å². The van der Waals surface area contributed by atoms with E-state index < -0.39 is 65.1 Å². The molecule has 0 saturated carbocycles. The summed E-state index contributed by atoms with van der Waals surface area (Å²) >= 11 is 5.27. The van der Waals surface area contributed by atoms with Crippen LogP contribution in [0, 0.1) is 6.92 Å². The van der Waals surface area contributed by atoms with Crippen molar-refractivity contribution in [2.24, 2.45) is 0 Å². The Bertz CT molecular complexity index is 2100. The minimum Gasteiger partial charge on any atom is -0.742 e. The van der Waals surface area contributed by atoms with Crippen molar-refractivity contribution in [3.8, 4) is 0 Å². The van der Waals surface area contributed by atoms with Gasteiger partial charge in [-0.3, -0.25) is 8.98 Å². The van der Waals surface area contributed by atoms with Crippen molar-refractivity contribution in [2.45, 2.75) is 154 Å². The molecule has 0 radical (unpaired) electrons. The van der Waals surface area contributed by atoms with E-state index in [4.69, 9.17) is 38.9 Å². The molecule has 4 fully saturated rings. The molecule has 0 unspecified atom stereocenters. The predicted molar refractivity (Wildman–Crippen MR) is 259 cm³/mol. The Kier molecular flexibility index (Phi) is 27.0. The zero-order chi connectivity index (χ0) is 53.0. The fraction of sp³-hybridized carbons (Fsp3) is 0.721. The van der Waals surface area contributed by atoms with E-state index in [1.54, 1.807) is 65.5 Å². The third-order valence-corrected chi connectivity index (χ3v) is 12.5. The van der Waals surface area contributed by atoms with Gasteiger partial charge in [0.25, 0.3) is 10.1 Å². The van der Waals surface area contributed by atoms with Gasteiger partial charge < -0.3 is 61.1 Å². The average Bonchev–Trinajstić information content (AvgIpc) is 3.02. The van der Waals surface area contributed by atoms with Crippen LogP contribution in [0.25, 0.3) is 0 Å². The third kappa shape index (κ3) is 28.7. The van der Waals surface area contributed by atoms with Crippen LogP contribution in [0.15, 0.2) is 29.2 Å². The molecule has 69 heavy (non-hydrogen) atoms. The molecule has 4 aliphatic heterocycles. The second-order valence-corrected chi connectivity index (χ2v) is 26.5. The number of aliphatic hydroxyl groups excluding tert-OH is 1. The number of thioether (sulfide) groups is 1. The van der Waals surface area contributed by atoms with Crippen LogP contribution in [0.3, 0.4) is 0 Å². The Morgan fingerprint density at radius 1 is 0.609 bits per heavy atom. The molecule has 0 aliphatic carbocycles. The molecule has 1 aromatic rings. The standard InChI is InChI=1S/C15H21NO5S.C10H17NO3S.C8H14ClNO4S.C8H15NO3.C2H4OS.K/c1-11-5-7-13(8-6-11)22(18,19)21-12-9-16(10-12)14(17)20-15(2,3)4;1-7(12)15-8-5-11(6-8)9(13)14-10(2,3)4;1-8(2,3)14-7(11)10-4-6(5-10)15(9,12)13;1-8(2,3)12-7(11)9-4-6(10)5-9;1-2(3)4;/h5-8,12H,9-10H2,1-4H3;8H,5-6H2,1-4H3;6H,4-5H2,1-3H3;6,10H,4-5H2,1-3H3;1H3,(H,3,4);/q;;;;;+1/p-1. The zero-order valence-electron chi connectivity index (χ0n) is 42.6. The van der Waals surface area contributed by atoms with Crippen molar-refractivity contribution in [3.63, 3.8) is 0 Å². The molecular weight excluding hydrogens is 1030 g/mol. The molecule has 26 heteroatoms. The van der Waals surface area contributed by atoms with Gasteiger partial charge in [-0.25, -0.2) is 27.6 Å². The summed E-state index contributed by atoms with van der Waals surface area (Å²) < 4.78 is 71.5. The van der Waals surface area contributed by atoms with E-state index in [0.29, 0.717) is 26.2 Å². The zero-order valence-corrected chi connectivity index (χ0v) is 49.8. The van der Waals surface area contributed by atoms with Gasteiger partial charge in [0.05, 0.1) is 37.2 Å². The topological polar surface area (TPSA) is 250 Å². The summed E-state index contributed by atoms with van der Waals surface area (Å²) in [6.45, 7) is 29.0. The van der Waals surface area contributed by atoms with Crippen molar-refractivity contribution in [1.29, 1.82) is 0 Å². The number of halogens is 1. The summed E-state index contributed by atoms with van der Waals surface area (Å²) in [6, 6.07) is 6.44. The van der Waals surface area contributed by atoms with Gasteiger partial charge >= 0.3 is 75.8 Å². The van der Waals surface area contributed by atoms with Crippen molar-refractivity contribution in [2.75, 3.05) is 52.4 Å². The van der Waals surface area contributed by atoms with Crippen molar-refractivity contribution < 1.29 is 125 Å². The molecule has 390 valence electrons. The minimum absolute atomic E-state index is 0. The van der Waals surface area contributed by atoms with Gasteiger partial charge in [0.1, 0.15) is 33.8 Å². The van der Waals surface area contributed by atoms with Crippen LogP contribution in [0.5, 0.6) is 0 Å². The first-order valence-corrected chi connectivity index (χ1v) is 26.5. The maximum atomic E-state index is 12.1. The third-order valence-electron chi connectivity index (χ3n) is 8.32. The number of rotatable bonds is 5. The van der Waals surface area contributed by atoms with Gasteiger partial charge in [0.2, 0.25) is 9.05 Å². The fourth-order valence-electron chi connectivity index (χ4n) is 5.16. The molecule has 5 rings (SSSR count). The van der Waals surface area contributed by atoms with E-state index >= 15 is 0 Å². The quantitative estimate of drug-likeness (QED) is 0.146. The summed E-state index contributed by atoms with van der Waals surface area (Å²) in [7, 11) is -2.22. The molecule has 1 N–H and O–H groups in total. The number of aryl methyl sites for hydroxylation is 1. The van der Waals surface area contributed by atoms with Crippen molar-refractivity contribution in [1.82, 2.24) is 19.6 Å². The van der Waals surface area contributed by atoms with Crippen molar-refractivity contribution >= 4 is 88.8 Å². The molecule has 1 aromatic carbocycles. The number of amides is 4. The van der Waals surface area contributed by atoms with Crippen LogP contribution in [-0.2, 0) is 64.5 Å². The number of likely N-dealkylation sites (tertiary alicyclic amines) is 4. The number of ether oxygens (including phenoxy) is 4. The molecule has 4 saturated heterocycles. The number of carbonyl (C=O) groups excluding carboxylic acids is 6. The molecule has 4 amide bonds. The molecule has 0 atom stereocenters. The predicted octanol–water partition coefficient (Wildman–Crippen LogP) is 3.06. The maximum Gasteiger partial charge on any atom is 1.00 e. The van der Waals surface area contributed by atoms with Crippen LogP contribution in [0.1, 0.15) is 102 Å². The SMILES string of the molecule is CC(=O)SC1CN(C(=O)OC(C)(C)C)C1.CC(=O)[S-].CC(C)(C)OC(=O)N1CC(O)C1.CC(C)(C)OC(=O)N1CC(S(=O)(=O)Cl)C1.Cc1ccc(S(=O)(=O)OC2CN(C(=O)OC(C)(C)C)C2)cc1.[K+]. The Balaban J connectivity index is 0.000000885. The molecule has 0 aromatic heterocycles. The summed E-state index contributed by atoms with van der Waals surface area (Å²) in [5.41, 5.74) is -1.06. The van der Waals surface area contributed by atoms with Gasteiger partial charge in [0, 0.05) is 54.2 Å². The Hall–Kier alpha value is -2.04.